The van der Waals surface area contributed by atoms with Gasteiger partial charge in [-0.1, -0.05) is 13.0 Å². The van der Waals surface area contributed by atoms with Crippen molar-refractivity contribution in [3.05, 3.63) is 46.2 Å². The summed E-state index contributed by atoms with van der Waals surface area (Å²) in [5.41, 5.74) is 2.63. The van der Waals surface area contributed by atoms with Gasteiger partial charge in [-0.3, -0.25) is 0 Å². The van der Waals surface area contributed by atoms with Crippen LogP contribution >= 0.6 is 11.3 Å². The van der Waals surface area contributed by atoms with Crippen molar-refractivity contribution in [1.29, 1.82) is 0 Å². The summed E-state index contributed by atoms with van der Waals surface area (Å²) >= 11 is 1.75. The molecule has 0 fully saturated rings. The molecule has 3 rings (SSSR count). The molecule has 1 unspecified atom stereocenters. The average Bonchev–Trinajstić information content (AvgIpc) is 3.13. The summed E-state index contributed by atoms with van der Waals surface area (Å²) < 4.78 is 10.9. The summed E-state index contributed by atoms with van der Waals surface area (Å²) in [6.45, 7) is 3.54. The zero-order chi connectivity index (χ0) is 13.8. The number of nitrogens with one attached hydrogen (secondary N) is 1. The van der Waals surface area contributed by atoms with Crippen LogP contribution in [0, 0.1) is 0 Å². The quantitative estimate of drug-likeness (QED) is 0.878. The molecule has 3 nitrogen and oxygen atoms in total. The second-order valence-corrected chi connectivity index (χ2v) is 5.74. The number of rotatable bonds is 6. The van der Waals surface area contributed by atoms with Crippen LogP contribution in [0.2, 0.25) is 0 Å². The Morgan fingerprint density at radius 2 is 2.15 bits per heavy atom. The molecular weight excluding hydrogens is 270 g/mol. The fraction of sp³-hybridized carbons (Fsp3) is 0.375. The molecule has 1 aliphatic rings. The lowest BCUT2D eigenvalue weighted by Crippen LogP contribution is -2.23. The highest BCUT2D eigenvalue weighted by Crippen LogP contribution is 2.35. The first kappa shape index (κ1) is 13.5. The van der Waals surface area contributed by atoms with Crippen molar-refractivity contribution >= 4 is 11.3 Å². The fourth-order valence-corrected chi connectivity index (χ4v) is 3.08. The molecule has 4 heteroatoms. The summed E-state index contributed by atoms with van der Waals surface area (Å²) in [5, 5.41) is 7.97. The van der Waals surface area contributed by atoms with Gasteiger partial charge >= 0.3 is 0 Å². The molecule has 1 aliphatic heterocycles. The van der Waals surface area contributed by atoms with Gasteiger partial charge in [-0.2, -0.15) is 11.3 Å². The topological polar surface area (TPSA) is 30.5 Å². The van der Waals surface area contributed by atoms with E-state index in [1.807, 2.05) is 6.07 Å². The molecular formula is C16H19NO2S. The number of benzene rings is 1. The molecule has 2 aromatic rings. The van der Waals surface area contributed by atoms with Crippen molar-refractivity contribution in [2.45, 2.75) is 25.8 Å². The molecule has 0 radical (unpaired) electrons. The standard InChI is InChI=1S/C16H19NO2S/c1-2-6-17-14(8-12-5-7-20-10-12)13-3-4-15-16(9-13)19-11-18-15/h3-5,7,9-10,14,17H,2,6,8,11H2,1H3. The van der Waals surface area contributed by atoms with Crippen LogP contribution in [-0.2, 0) is 6.42 Å². The van der Waals surface area contributed by atoms with Gasteiger partial charge in [0.15, 0.2) is 11.5 Å². The molecule has 0 bridgehead atoms. The van der Waals surface area contributed by atoms with Crippen molar-refractivity contribution in [2.75, 3.05) is 13.3 Å². The minimum absolute atomic E-state index is 0.319. The Morgan fingerprint density at radius 3 is 2.95 bits per heavy atom. The van der Waals surface area contributed by atoms with Gasteiger partial charge in [0.25, 0.3) is 0 Å². The fourth-order valence-electron chi connectivity index (χ4n) is 2.40. The van der Waals surface area contributed by atoms with Gasteiger partial charge in [0.2, 0.25) is 6.79 Å². The minimum Gasteiger partial charge on any atom is -0.454 e. The molecule has 106 valence electrons. The van der Waals surface area contributed by atoms with Crippen LogP contribution in [0.25, 0.3) is 0 Å². The molecule has 20 heavy (non-hydrogen) atoms. The highest BCUT2D eigenvalue weighted by atomic mass is 32.1. The largest absolute Gasteiger partial charge is 0.454 e. The molecule has 0 amide bonds. The maximum atomic E-state index is 5.48. The van der Waals surface area contributed by atoms with E-state index in [2.05, 4.69) is 41.2 Å². The molecule has 0 aliphatic carbocycles. The van der Waals surface area contributed by atoms with E-state index in [9.17, 15) is 0 Å². The molecule has 0 saturated heterocycles. The van der Waals surface area contributed by atoms with Gasteiger partial charge in [-0.25, -0.2) is 0 Å². The van der Waals surface area contributed by atoms with Crippen LogP contribution in [0.1, 0.15) is 30.5 Å². The van der Waals surface area contributed by atoms with E-state index in [0.717, 1.165) is 30.9 Å². The third-order valence-electron chi connectivity index (χ3n) is 3.46. The Labute approximate surface area is 123 Å². The van der Waals surface area contributed by atoms with Crippen molar-refractivity contribution in [3.63, 3.8) is 0 Å². The molecule has 1 aromatic heterocycles. The molecule has 1 aromatic carbocycles. The van der Waals surface area contributed by atoms with Crippen LogP contribution in [-0.4, -0.2) is 13.3 Å². The monoisotopic (exact) mass is 289 g/mol. The predicted octanol–water partition coefficient (Wildman–Crippen LogP) is 3.76. The van der Waals surface area contributed by atoms with Crippen molar-refractivity contribution in [1.82, 2.24) is 5.32 Å². The molecule has 0 saturated carbocycles. The summed E-state index contributed by atoms with van der Waals surface area (Å²) in [4.78, 5) is 0. The summed E-state index contributed by atoms with van der Waals surface area (Å²) in [6.07, 6.45) is 2.13. The van der Waals surface area contributed by atoms with E-state index < -0.39 is 0 Å². The number of hydrogen-bond donors (Lipinski definition) is 1. The Kier molecular flexibility index (Phi) is 4.23. The Balaban J connectivity index is 1.80. The van der Waals surface area contributed by atoms with Gasteiger partial charge in [0.1, 0.15) is 0 Å². The summed E-state index contributed by atoms with van der Waals surface area (Å²) in [6, 6.07) is 8.75. The maximum absolute atomic E-state index is 5.48. The first-order valence-electron chi connectivity index (χ1n) is 7.01. The highest BCUT2D eigenvalue weighted by molar-refractivity contribution is 7.07. The first-order chi connectivity index (χ1) is 9.86. The van der Waals surface area contributed by atoms with E-state index in [-0.39, 0.29) is 0 Å². The van der Waals surface area contributed by atoms with Gasteiger partial charge in [0, 0.05) is 6.04 Å². The minimum atomic E-state index is 0.319. The zero-order valence-corrected chi connectivity index (χ0v) is 12.4. The number of fused-ring (bicyclic) bond motifs is 1. The second kappa shape index (κ2) is 6.29. The van der Waals surface area contributed by atoms with Gasteiger partial charge in [-0.05, 0) is 59.5 Å². The molecule has 1 N–H and O–H groups in total. The highest BCUT2D eigenvalue weighted by Gasteiger charge is 2.18. The third-order valence-corrected chi connectivity index (χ3v) is 4.19. The summed E-state index contributed by atoms with van der Waals surface area (Å²) in [5.74, 6) is 1.70. The Bertz CT molecular complexity index is 554. The first-order valence-corrected chi connectivity index (χ1v) is 7.95. The third kappa shape index (κ3) is 2.97. The van der Waals surface area contributed by atoms with Gasteiger partial charge < -0.3 is 14.8 Å². The summed E-state index contributed by atoms with van der Waals surface area (Å²) in [7, 11) is 0. The normalized spacial score (nSPS) is 14.4. The van der Waals surface area contributed by atoms with E-state index in [0.29, 0.717) is 12.8 Å². The van der Waals surface area contributed by atoms with Crippen molar-refractivity contribution in [2.24, 2.45) is 0 Å². The lowest BCUT2D eigenvalue weighted by Gasteiger charge is -2.19. The maximum Gasteiger partial charge on any atom is 0.231 e. The molecule has 0 spiro atoms. The second-order valence-electron chi connectivity index (χ2n) is 4.96. The van der Waals surface area contributed by atoms with E-state index in [1.54, 1.807) is 11.3 Å². The van der Waals surface area contributed by atoms with E-state index in [4.69, 9.17) is 9.47 Å². The average molecular weight is 289 g/mol. The lowest BCUT2D eigenvalue weighted by molar-refractivity contribution is 0.174. The number of thiophene rings is 1. The van der Waals surface area contributed by atoms with Crippen molar-refractivity contribution < 1.29 is 9.47 Å². The van der Waals surface area contributed by atoms with Crippen LogP contribution < -0.4 is 14.8 Å². The van der Waals surface area contributed by atoms with E-state index >= 15 is 0 Å². The SMILES string of the molecule is CCCNC(Cc1ccsc1)c1ccc2c(c1)OCO2. The van der Waals surface area contributed by atoms with Crippen molar-refractivity contribution in [3.8, 4) is 11.5 Å². The Hall–Kier alpha value is -1.52. The number of ether oxygens (including phenoxy) is 2. The van der Waals surface area contributed by atoms with Gasteiger partial charge in [-0.15, -0.1) is 0 Å². The smallest absolute Gasteiger partial charge is 0.231 e. The number of hydrogen-bond acceptors (Lipinski definition) is 4. The zero-order valence-electron chi connectivity index (χ0n) is 11.6. The van der Waals surface area contributed by atoms with Gasteiger partial charge in [0.05, 0.1) is 0 Å². The van der Waals surface area contributed by atoms with Crippen LogP contribution in [0.4, 0.5) is 0 Å². The molecule has 2 heterocycles. The lowest BCUT2D eigenvalue weighted by atomic mass is 10.00. The predicted molar refractivity (Wildman–Crippen MR) is 81.6 cm³/mol. The van der Waals surface area contributed by atoms with Crippen LogP contribution in [0.15, 0.2) is 35.0 Å². The molecule has 1 atom stereocenters. The van der Waals surface area contributed by atoms with E-state index in [1.165, 1.54) is 11.1 Å². The van der Waals surface area contributed by atoms with Crippen LogP contribution in [0.5, 0.6) is 11.5 Å². The Morgan fingerprint density at radius 1 is 1.25 bits per heavy atom. The van der Waals surface area contributed by atoms with Crippen LogP contribution in [0.3, 0.4) is 0 Å².